The van der Waals surface area contributed by atoms with Crippen molar-refractivity contribution in [2.24, 2.45) is 0 Å². The molecule has 0 aliphatic carbocycles. The summed E-state index contributed by atoms with van der Waals surface area (Å²) in [5.74, 6) is 1.31. The summed E-state index contributed by atoms with van der Waals surface area (Å²) < 4.78 is 17.0. The second kappa shape index (κ2) is 9.79. The molecule has 0 saturated carbocycles. The van der Waals surface area contributed by atoms with E-state index in [-0.39, 0.29) is 5.91 Å². The molecule has 0 aromatic heterocycles. The number of methoxy groups -OCH3 is 1. The molecule has 1 aliphatic heterocycles. The summed E-state index contributed by atoms with van der Waals surface area (Å²) in [6.45, 7) is 6.09. The average molecular weight is 382 g/mol. The third-order valence-corrected chi connectivity index (χ3v) is 4.80. The Morgan fingerprint density at radius 3 is 2.68 bits per heavy atom. The highest BCUT2D eigenvalue weighted by Crippen LogP contribution is 2.34. The molecule has 0 atom stereocenters. The molecule has 0 radical (unpaired) electrons. The minimum Gasteiger partial charge on any atom is -0.490 e. The number of rotatable bonds is 9. The zero-order valence-electron chi connectivity index (χ0n) is 14.7. The summed E-state index contributed by atoms with van der Waals surface area (Å²) >= 11 is 6.59. The lowest BCUT2D eigenvalue weighted by Crippen LogP contribution is -2.31. The van der Waals surface area contributed by atoms with Gasteiger partial charge in [0, 0.05) is 7.11 Å². The van der Waals surface area contributed by atoms with Gasteiger partial charge in [0.05, 0.1) is 31.3 Å². The molecule has 0 bridgehead atoms. The van der Waals surface area contributed by atoms with Crippen molar-refractivity contribution in [3.63, 3.8) is 0 Å². The van der Waals surface area contributed by atoms with Crippen molar-refractivity contribution in [3.05, 3.63) is 28.7 Å². The van der Waals surface area contributed by atoms with Crippen LogP contribution in [-0.2, 0) is 9.53 Å². The number of carbonyl (C=O) groups excluding carboxylic acids is 1. The molecule has 1 aromatic rings. The van der Waals surface area contributed by atoms with Crippen LogP contribution in [0.3, 0.4) is 0 Å². The molecule has 0 unspecified atom stereocenters. The quantitative estimate of drug-likeness (QED) is 0.480. The number of hydrogen-bond acceptors (Lipinski definition) is 6. The van der Waals surface area contributed by atoms with E-state index in [0.717, 1.165) is 12.0 Å². The lowest BCUT2D eigenvalue weighted by atomic mass is 10.2. The average Bonchev–Trinajstić information content (AvgIpc) is 2.86. The van der Waals surface area contributed by atoms with Gasteiger partial charge in [-0.2, -0.15) is 0 Å². The molecule has 5 nitrogen and oxygen atoms in total. The minimum absolute atomic E-state index is 0.0867. The van der Waals surface area contributed by atoms with Gasteiger partial charge in [0.15, 0.2) is 11.5 Å². The number of benzene rings is 1. The molecule has 25 heavy (non-hydrogen) atoms. The standard InChI is InChI=1S/C18H23NO4S2/c1-4-9-23-14-7-6-13(11-15(14)22-5-2)12-16-17(20)19(8-10-21-3)18(24)25-16/h6-7,11-12H,4-5,8-10H2,1-3H3/b16-12+. The van der Waals surface area contributed by atoms with E-state index in [4.69, 9.17) is 26.4 Å². The Balaban J connectivity index is 2.21. The molecule has 1 aliphatic rings. The highest BCUT2D eigenvalue weighted by atomic mass is 32.2. The van der Waals surface area contributed by atoms with Gasteiger partial charge in [-0.25, -0.2) is 0 Å². The van der Waals surface area contributed by atoms with Gasteiger partial charge in [-0.1, -0.05) is 37.0 Å². The maximum Gasteiger partial charge on any atom is 0.266 e. The highest BCUT2D eigenvalue weighted by molar-refractivity contribution is 8.26. The minimum atomic E-state index is -0.0867. The Labute approximate surface area is 158 Å². The summed E-state index contributed by atoms with van der Waals surface area (Å²) in [5.41, 5.74) is 0.875. The van der Waals surface area contributed by atoms with Crippen molar-refractivity contribution in [2.45, 2.75) is 20.3 Å². The maximum atomic E-state index is 12.5. The molecule has 1 aromatic carbocycles. The van der Waals surface area contributed by atoms with Gasteiger partial charge in [0.25, 0.3) is 5.91 Å². The van der Waals surface area contributed by atoms with Crippen molar-refractivity contribution in [3.8, 4) is 11.5 Å². The first-order valence-corrected chi connectivity index (χ1v) is 9.47. The van der Waals surface area contributed by atoms with Crippen molar-refractivity contribution in [2.75, 3.05) is 33.5 Å². The second-order valence-corrected chi connectivity index (χ2v) is 6.99. The van der Waals surface area contributed by atoms with Gasteiger partial charge in [-0.05, 0) is 37.1 Å². The smallest absolute Gasteiger partial charge is 0.266 e. The van der Waals surface area contributed by atoms with Gasteiger partial charge in [0.2, 0.25) is 0 Å². The van der Waals surface area contributed by atoms with Crippen LogP contribution in [0.25, 0.3) is 6.08 Å². The Kier molecular flexibility index (Phi) is 7.74. The molecular formula is C18H23NO4S2. The molecular weight excluding hydrogens is 358 g/mol. The Morgan fingerprint density at radius 2 is 2.00 bits per heavy atom. The van der Waals surface area contributed by atoms with Gasteiger partial charge in [0.1, 0.15) is 4.32 Å². The van der Waals surface area contributed by atoms with E-state index in [9.17, 15) is 4.79 Å². The van der Waals surface area contributed by atoms with Crippen molar-refractivity contribution in [1.29, 1.82) is 0 Å². The van der Waals surface area contributed by atoms with E-state index in [0.29, 0.717) is 47.1 Å². The van der Waals surface area contributed by atoms with E-state index in [1.807, 2.05) is 31.2 Å². The van der Waals surface area contributed by atoms with E-state index < -0.39 is 0 Å². The summed E-state index contributed by atoms with van der Waals surface area (Å²) in [7, 11) is 1.60. The van der Waals surface area contributed by atoms with Crippen LogP contribution in [0.2, 0.25) is 0 Å². The summed E-state index contributed by atoms with van der Waals surface area (Å²) in [6.07, 6.45) is 2.76. The molecule has 7 heteroatoms. The topological polar surface area (TPSA) is 48.0 Å². The van der Waals surface area contributed by atoms with Crippen LogP contribution in [0.5, 0.6) is 11.5 Å². The number of nitrogens with zero attached hydrogens (tertiary/aromatic N) is 1. The van der Waals surface area contributed by atoms with Crippen LogP contribution in [0.15, 0.2) is 23.1 Å². The molecule has 0 spiro atoms. The molecule has 1 amide bonds. The number of amides is 1. The maximum absolute atomic E-state index is 12.5. The first-order valence-electron chi connectivity index (χ1n) is 8.24. The zero-order chi connectivity index (χ0) is 18.2. The normalized spacial score (nSPS) is 16.0. The fourth-order valence-corrected chi connectivity index (χ4v) is 3.55. The lowest BCUT2D eigenvalue weighted by molar-refractivity contribution is -0.122. The highest BCUT2D eigenvalue weighted by Gasteiger charge is 2.31. The number of ether oxygens (including phenoxy) is 3. The molecule has 1 heterocycles. The zero-order valence-corrected chi connectivity index (χ0v) is 16.4. The van der Waals surface area contributed by atoms with Gasteiger partial charge >= 0.3 is 0 Å². The van der Waals surface area contributed by atoms with E-state index in [2.05, 4.69) is 6.92 Å². The van der Waals surface area contributed by atoms with Crippen LogP contribution in [-0.4, -0.2) is 48.6 Å². The van der Waals surface area contributed by atoms with E-state index >= 15 is 0 Å². The Morgan fingerprint density at radius 1 is 1.20 bits per heavy atom. The fraction of sp³-hybridized carbons (Fsp3) is 0.444. The lowest BCUT2D eigenvalue weighted by Gasteiger charge is -2.13. The molecule has 1 fully saturated rings. The van der Waals surface area contributed by atoms with E-state index in [1.54, 1.807) is 12.0 Å². The van der Waals surface area contributed by atoms with Crippen molar-refractivity contribution < 1.29 is 19.0 Å². The third-order valence-electron chi connectivity index (χ3n) is 3.42. The summed E-state index contributed by atoms with van der Waals surface area (Å²) in [6, 6.07) is 5.67. The van der Waals surface area contributed by atoms with Crippen LogP contribution >= 0.6 is 24.0 Å². The van der Waals surface area contributed by atoms with Crippen molar-refractivity contribution >= 4 is 40.3 Å². The number of carbonyl (C=O) groups is 1. The van der Waals surface area contributed by atoms with Crippen molar-refractivity contribution in [1.82, 2.24) is 4.90 Å². The number of thiocarbonyl (C=S) groups is 1. The van der Waals surface area contributed by atoms with Crippen LogP contribution in [0, 0.1) is 0 Å². The predicted molar refractivity (Wildman–Crippen MR) is 105 cm³/mol. The third kappa shape index (κ3) is 5.20. The first-order chi connectivity index (χ1) is 12.1. The summed E-state index contributed by atoms with van der Waals surface area (Å²) in [5, 5.41) is 0. The Bertz CT molecular complexity index is 660. The van der Waals surface area contributed by atoms with Crippen LogP contribution in [0.1, 0.15) is 25.8 Å². The molecule has 1 saturated heterocycles. The van der Waals surface area contributed by atoms with E-state index in [1.165, 1.54) is 11.8 Å². The van der Waals surface area contributed by atoms with Gasteiger partial charge in [-0.3, -0.25) is 9.69 Å². The van der Waals surface area contributed by atoms with Crippen LogP contribution < -0.4 is 9.47 Å². The summed E-state index contributed by atoms with van der Waals surface area (Å²) in [4.78, 5) is 14.7. The number of hydrogen-bond donors (Lipinski definition) is 0. The SMILES string of the molecule is CCCOc1ccc(/C=C2/SC(=S)N(CCOC)C2=O)cc1OCC. The predicted octanol–water partition coefficient (Wildman–Crippen LogP) is 3.72. The second-order valence-electron chi connectivity index (χ2n) is 5.31. The van der Waals surface area contributed by atoms with Gasteiger partial charge in [-0.15, -0.1) is 0 Å². The number of thioether (sulfide) groups is 1. The molecule has 0 N–H and O–H groups in total. The molecule has 2 rings (SSSR count). The van der Waals surface area contributed by atoms with Crippen LogP contribution in [0.4, 0.5) is 0 Å². The largest absolute Gasteiger partial charge is 0.490 e. The fourth-order valence-electron chi connectivity index (χ4n) is 2.24. The first kappa shape index (κ1) is 19.8. The monoisotopic (exact) mass is 381 g/mol. The molecule has 136 valence electrons. The van der Waals surface area contributed by atoms with Gasteiger partial charge < -0.3 is 14.2 Å². The Hall–Kier alpha value is -1.57.